The lowest BCUT2D eigenvalue weighted by molar-refractivity contribution is -0.136. The topological polar surface area (TPSA) is 61.7 Å². The van der Waals surface area contributed by atoms with Crippen LogP contribution in [0.25, 0.3) is 0 Å². The van der Waals surface area contributed by atoms with Gasteiger partial charge in [0.1, 0.15) is 0 Å². The molecule has 0 saturated carbocycles. The molecule has 2 aliphatic heterocycles. The number of nitrogens with zero attached hydrogens (tertiary/aromatic N) is 5. The normalized spacial score (nSPS) is 20.1. The Kier molecular flexibility index (Phi) is 5.26. The maximum atomic E-state index is 13.0. The lowest BCUT2D eigenvalue weighted by Crippen LogP contribution is -2.51. The molecule has 0 bridgehead atoms. The van der Waals surface area contributed by atoms with Crippen LogP contribution in [-0.4, -0.2) is 59.0 Å². The Morgan fingerprint density at radius 2 is 1.89 bits per heavy atom. The molecule has 1 aromatic heterocycles. The number of benzene rings is 1. The predicted molar refractivity (Wildman–Crippen MR) is 109 cm³/mol. The molecule has 2 aliphatic rings. The number of hydrogen-bond acceptors (Lipinski definition) is 4. The van der Waals surface area contributed by atoms with Crippen molar-refractivity contribution < 1.29 is 9.59 Å². The summed E-state index contributed by atoms with van der Waals surface area (Å²) in [6.07, 6.45) is 4.05. The van der Waals surface area contributed by atoms with Crippen LogP contribution in [0.5, 0.6) is 0 Å². The zero-order chi connectivity index (χ0) is 19.7. The van der Waals surface area contributed by atoms with Gasteiger partial charge in [-0.25, -0.2) is 4.98 Å². The molecule has 0 N–H and O–H groups in total. The highest BCUT2D eigenvalue weighted by atomic mass is 35.5. The third-order valence-corrected chi connectivity index (χ3v) is 5.77. The van der Waals surface area contributed by atoms with Crippen molar-refractivity contribution in [1.82, 2.24) is 14.5 Å². The van der Waals surface area contributed by atoms with Crippen molar-refractivity contribution in [3.63, 3.8) is 0 Å². The minimum Gasteiger partial charge on any atom is -0.339 e. The lowest BCUT2D eigenvalue weighted by atomic mass is 10.1. The standard InChI is InChI=1S/C20H24ClN5O2/c1-2-23-8-7-22-20(23)25-11-9-24(10-12-25)19(28)15-13-18(27)26(14-15)17-5-3-16(21)4-6-17/h3-8,15H,2,9-14H2,1H3. The van der Waals surface area contributed by atoms with Gasteiger partial charge in [0.15, 0.2) is 0 Å². The molecule has 2 fully saturated rings. The maximum absolute atomic E-state index is 13.0. The van der Waals surface area contributed by atoms with Gasteiger partial charge in [0.2, 0.25) is 17.8 Å². The van der Waals surface area contributed by atoms with E-state index < -0.39 is 0 Å². The van der Waals surface area contributed by atoms with E-state index in [1.807, 2.05) is 29.4 Å². The molecule has 1 aromatic carbocycles. The van der Waals surface area contributed by atoms with Gasteiger partial charge in [0.05, 0.1) is 5.92 Å². The number of piperazine rings is 1. The Bertz CT molecular complexity index is 858. The van der Waals surface area contributed by atoms with E-state index in [0.29, 0.717) is 24.7 Å². The number of rotatable bonds is 4. The van der Waals surface area contributed by atoms with Crippen LogP contribution >= 0.6 is 11.6 Å². The van der Waals surface area contributed by atoms with Crippen LogP contribution in [0.4, 0.5) is 11.6 Å². The first-order valence-electron chi connectivity index (χ1n) is 9.67. The molecule has 2 aromatic rings. The Morgan fingerprint density at radius 1 is 1.18 bits per heavy atom. The molecule has 2 saturated heterocycles. The van der Waals surface area contributed by atoms with Gasteiger partial charge in [-0.15, -0.1) is 0 Å². The minimum absolute atomic E-state index is 0.00992. The highest BCUT2D eigenvalue weighted by Gasteiger charge is 2.38. The van der Waals surface area contributed by atoms with Crippen LogP contribution in [-0.2, 0) is 16.1 Å². The highest BCUT2D eigenvalue weighted by Crippen LogP contribution is 2.28. The Hall–Kier alpha value is -2.54. The molecule has 28 heavy (non-hydrogen) atoms. The lowest BCUT2D eigenvalue weighted by Gasteiger charge is -2.36. The second kappa shape index (κ2) is 7.83. The molecule has 3 heterocycles. The van der Waals surface area contributed by atoms with Gasteiger partial charge in [-0.2, -0.15) is 0 Å². The molecule has 148 valence electrons. The highest BCUT2D eigenvalue weighted by molar-refractivity contribution is 6.30. The van der Waals surface area contributed by atoms with Crippen molar-refractivity contribution in [2.24, 2.45) is 5.92 Å². The van der Waals surface area contributed by atoms with E-state index in [0.717, 1.165) is 31.3 Å². The summed E-state index contributed by atoms with van der Waals surface area (Å²) in [6.45, 7) is 6.21. The molecular formula is C20H24ClN5O2. The summed E-state index contributed by atoms with van der Waals surface area (Å²) in [6, 6.07) is 7.17. The van der Waals surface area contributed by atoms with Gasteiger partial charge >= 0.3 is 0 Å². The average Bonchev–Trinajstić information content (AvgIpc) is 3.35. The third kappa shape index (κ3) is 3.58. The zero-order valence-electron chi connectivity index (χ0n) is 15.9. The number of hydrogen-bond donors (Lipinski definition) is 0. The number of amides is 2. The predicted octanol–water partition coefficient (Wildman–Crippen LogP) is 2.26. The van der Waals surface area contributed by atoms with Crippen LogP contribution in [0, 0.1) is 5.92 Å². The van der Waals surface area contributed by atoms with Gasteiger partial charge < -0.3 is 19.3 Å². The Labute approximate surface area is 169 Å². The molecule has 1 atom stereocenters. The molecular weight excluding hydrogens is 378 g/mol. The summed E-state index contributed by atoms with van der Waals surface area (Å²) < 4.78 is 2.11. The fourth-order valence-corrected chi connectivity index (χ4v) is 4.09. The monoisotopic (exact) mass is 401 g/mol. The maximum Gasteiger partial charge on any atom is 0.228 e. The number of carbonyl (C=O) groups is 2. The van der Waals surface area contributed by atoms with Crippen molar-refractivity contribution >= 4 is 35.1 Å². The molecule has 1 unspecified atom stereocenters. The SMILES string of the molecule is CCn1ccnc1N1CCN(C(=O)C2CC(=O)N(c3ccc(Cl)cc3)C2)CC1. The van der Waals surface area contributed by atoms with Crippen molar-refractivity contribution in [2.75, 3.05) is 42.5 Å². The average molecular weight is 402 g/mol. The Morgan fingerprint density at radius 3 is 2.57 bits per heavy atom. The first kappa shape index (κ1) is 18.8. The quantitative estimate of drug-likeness (QED) is 0.788. The smallest absolute Gasteiger partial charge is 0.228 e. The van der Waals surface area contributed by atoms with Crippen LogP contribution in [0.3, 0.4) is 0 Å². The summed E-state index contributed by atoms with van der Waals surface area (Å²) in [7, 11) is 0. The van der Waals surface area contributed by atoms with Crippen LogP contribution in [0.2, 0.25) is 5.02 Å². The van der Waals surface area contributed by atoms with Gasteiger partial charge in [0, 0.05) is 68.8 Å². The molecule has 8 heteroatoms. The summed E-state index contributed by atoms with van der Waals surface area (Å²) in [5, 5.41) is 0.629. The Balaban J connectivity index is 1.37. The van der Waals surface area contributed by atoms with E-state index in [2.05, 4.69) is 21.4 Å². The number of anilines is 2. The summed E-state index contributed by atoms with van der Waals surface area (Å²) in [5.41, 5.74) is 0.793. The van der Waals surface area contributed by atoms with Gasteiger partial charge in [-0.3, -0.25) is 9.59 Å². The second-order valence-electron chi connectivity index (χ2n) is 7.21. The van der Waals surface area contributed by atoms with E-state index >= 15 is 0 Å². The number of aromatic nitrogens is 2. The molecule has 4 rings (SSSR count). The second-order valence-corrected chi connectivity index (χ2v) is 7.64. The minimum atomic E-state index is -0.285. The largest absolute Gasteiger partial charge is 0.339 e. The van der Waals surface area contributed by atoms with Crippen molar-refractivity contribution in [1.29, 1.82) is 0 Å². The van der Waals surface area contributed by atoms with E-state index in [-0.39, 0.29) is 24.2 Å². The van der Waals surface area contributed by atoms with E-state index in [1.54, 1.807) is 17.0 Å². The van der Waals surface area contributed by atoms with Crippen LogP contribution in [0.1, 0.15) is 13.3 Å². The number of imidazole rings is 1. The summed E-state index contributed by atoms with van der Waals surface area (Å²) in [4.78, 5) is 35.7. The zero-order valence-corrected chi connectivity index (χ0v) is 16.7. The summed E-state index contributed by atoms with van der Waals surface area (Å²) >= 11 is 5.93. The number of aryl methyl sites for hydroxylation is 1. The van der Waals surface area contributed by atoms with E-state index in [1.165, 1.54) is 0 Å². The van der Waals surface area contributed by atoms with Crippen LogP contribution < -0.4 is 9.80 Å². The summed E-state index contributed by atoms with van der Waals surface area (Å²) in [5.74, 6) is 0.736. The fourth-order valence-electron chi connectivity index (χ4n) is 3.96. The number of halogens is 1. The van der Waals surface area contributed by atoms with Crippen LogP contribution in [0.15, 0.2) is 36.7 Å². The van der Waals surface area contributed by atoms with E-state index in [9.17, 15) is 9.59 Å². The number of carbonyl (C=O) groups excluding carboxylic acids is 2. The van der Waals surface area contributed by atoms with Gasteiger partial charge in [-0.05, 0) is 31.2 Å². The van der Waals surface area contributed by atoms with Gasteiger partial charge in [0.25, 0.3) is 0 Å². The fraction of sp³-hybridized carbons (Fsp3) is 0.450. The molecule has 0 aliphatic carbocycles. The third-order valence-electron chi connectivity index (χ3n) is 5.52. The molecule has 7 nitrogen and oxygen atoms in total. The first-order chi connectivity index (χ1) is 13.6. The molecule has 0 radical (unpaired) electrons. The van der Waals surface area contributed by atoms with Crippen molar-refractivity contribution in [3.05, 3.63) is 41.7 Å². The molecule has 0 spiro atoms. The van der Waals surface area contributed by atoms with Crippen molar-refractivity contribution in [2.45, 2.75) is 19.9 Å². The van der Waals surface area contributed by atoms with Crippen molar-refractivity contribution in [3.8, 4) is 0 Å². The van der Waals surface area contributed by atoms with E-state index in [4.69, 9.17) is 11.6 Å². The molecule has 2 amide bonds. The first-order valence-corrected chi connectivity index (χ1v) is 10.1. The van der Waals surface area contributed by atoms with Gasteiger partial charge in [-0.1, -0.05) is 11.6 Å².